The van der Waals surface area contributed by atoms with Gasteiger partial charge in [-0.1, -0.05) is 6.92 Å². The average Bonchev–Trinajstić information content (AvgIpc) is 3.35. The number of esters is 1. The largest absolute Gasteiger partial charge is 0.455 e. The van der Waals surface area contributed by atoms with Gasteiger partial charge >= 0.3 is 5.97 Å². The Hall–Kier alpha value is -2.90. The van der Waals surface area contributed by atoms with Crippen molar-refractivity contribution in [1.29, 1.82) is 0 Å². The van der Waals surface area contributed by atoms with Crippen molar-refractivity contribution in [3.05, 3.63) is 24.3 Å². The van der Waals surface area contributed by atoms with E-state index in [1.807, 2.05) is 6.92 Å². The van der Waals surface area contributed by atoms with E-state index in [-0.39, 0.29) is 36.9 Å². The molecule has 0 bridgehead atoms. The Kier molecular flexibility index (Phi) is 6.92. The minimum absolute atomic E-state index is 0.100. The van der Waals surface area contributed by atoms with Crippen molar-refractivity contribution in [2.45, 2.75) is 27.2 Å². The maximum Gasteiger partial charge on any atom is 0.309 e. The minimum Gasteiger partial charge on any atom is -0.455 e. The van der Waals surface area contributed by atoms with Crippen molar-refractivity contribution in [3.63, 3.8) is 0 Å². The van der Waals surface area contributed by atoms with E-state index in [9.17, 15) is 19.2 Å². The van der Waals surface area contributed by atoms with Crippen LogP contribution in [0.5, 0.6) is 0 Å². The Labute approximate surface area is 158 Å². The Morgan fingerprint density at radius 2 is 1.67 bits per heavy atom. The van der Waals surface area contributed by atoms with E-state index >= 15 is 0 Å². The number of rotatable bonds is 8. The molecule has 1 fully saturated rings. The maximum atomic E-state index is 12.2. The smallest absolute Gasteiger partial charge is 0.309 e. The Morgan fingerprint density at radius 1 is 1.11 bits per heavy atom. The van der Waals surface area contributed by atoms with Crippen molar-refractivity contribution in [2.75, 3.05) is 30.3 Å². The van der Waals surface area contributed by atoms with Gasteiger partial charge in [-0.05, 0) is 43.5 Å². The molecule has 0 saturated heterocycles. The van der Waals surface area contributed by atoms with E-state index in [0.29, 0.717) is 23.8 Å². The quantitative estimate of drug-likeness (QED) is 0.672. The van der Waals surface area contributed by atoms with E-state index in [2.05, 4.69) is 10.6 Å². The summed E-state index contributed by atoms with van der Waals surface area (Å²) in [5, 5.41) is 5.32. The standard InChI is InChI=1S/C19H25N3O5/c1-4-22(18(25)11-27-19(26)16-9-12(16)2)10-17(24)21-15-7-5-14(6-8-15)20-13(3)23/h5-8,12,16H,4,9-11H2,1-3H3,(H,20,23)(H,21,24)/t12-,16+/m1/s1. The fourth-order valence-electron chi connectivity index (χ4n) is 2.57. The van der Waals surface area contributed by atoms with Gasteiger partial charge in [0.25, 0.3) is 5.91 Å². The van der Waals surface area contributed by atoms with Crippen LogP contribution in [0.1, 0.15) is 27.2 Å². The van der Waals surface area contributed by atoms with Crippen LogP contribution >= 0.6 is 0 Å². The van der Waals surface area contributed by atoms with Crippen molar-refractivity contribution in [2.24, 2.45) is 11.8 Å². The first-order chi connectivity index (χ1) is 12.8. The second-order valence-electron chi connectivity index (χ2n) is 6.64. The number of ether oxygens (including phenoxy) is 1. The number of nitrogens with one attached hydrogen (secondary N) is 2. The van der Waals surface area contributed by atoms with E-state index in [0.717, 1.165) is 6.42 Å². The van der Waals surface area contributed by atoms with E-state index < -0.39 is 5.91 Å². The van der Waals surface area contributed by atoms with Crippen molar-refractivity contribution in [3.8, 4) is 0 Å². The highest BCUT2D eigenvalue weighted by Gasteiger charge is 2.40. The summed E-state index contributed by atoms with van der Waals surface area (Å²) in [6.45, 7) is 4.95. The number of anilines is 2. The molecule has 0 aromatic heterocycles. The molecule has 1 aliphatic rings. The summed E-state index contributed by atoms with van der Waals surface area (Å²) in [6, 6.07) is 6.63. The molecule has 0 unspecified atom stereocenters. The molecule has 27 heavy (non-hydrogen) atoms. The highest BCUT2D eigenvalue weighted by atomic mass is 16.5. The lowest BCUT2D eigenvalue weighted by molar-refractivity contribution is -0.153. The number of benzene rings is 1. The predicted octanol–water partition coefficient (Wildman–Crippen LogP) is 1.63. The molecule has 0 aliphatic heterocycles. The van der Waals surface area contributed by atoms with Gasteiger partial charge in [0.05, 0.1) is 12.5 Å². The third kappa shape index (κ3) is 6.40. The van der Waals surface area contributed by atoms with Crippen LogP contribution in [0.15, 0.2) is 24.3 Å². The molecule has 1 aromatic rings. The van der Waals surface area contributed by atoms with Crippen LogP contribution in [0.4, 0.5) is 11.4 Å². The summed E-state index contributed by atoms with van der Waals surface area (Å²) in [7, 11) is 0. The van der Waals surface area contributed by atoms with Crippen molar-refractivity contribution in [1.82, 2.24) is 4.90 Å². The zero-order valence-electron chi connectivity index (χ0n) is 15.8. The van der Waals surface area contributed by atoms with Gasteiger partial charge in [0.15, 0.2) is 6.61 Å². The number of hydrogen-bond acceptors (Lipinski definition) is 5. The van der Waals surface area contributed by atoms with E-state index in [4.69, 9.17) is 4.74 Å². The molecule has 2 rings (SSSR count). The normalized spacial score (nSPS) is 17.6. The molecule has 0 heterocycles. The first-order valence-corrected chi connectivity index (χ1v) is 8.92. The lowest BCUT2D eigenvalue weighted by Gasteiger charge is -2.20. The molecule has 1 aromatic carbocycles. The van der Waals surface area contributed by atoms with Gasteiger partial charge in [-0.25, -0.2) is 0 Å². The summed E-state index contributed by atoms with van der Waals surface area (Å²) in [5.41, 5.74) is 1.17. The molecule has 1 saturated carbocycles. The van der Waals surface area contributed by atoms with Crippen molar-refractivity contribution < 1.29 is 23.9 Å². The highest BCUT2D eigenvalue weighted by molar-refractivity contribution is 5.95. The lowest BCUT2D eigenvalue weighted by atomic mass is 10.2. The van der Waals surface area contributed by atoms with Gasteiger partial charge in [0.2, 0.25) is 11.8 Å². The lowest BCUT2D eigenvalue weighted by Crippen LogP contribution is -2.40. The second-order valence-corrected chi connectivity index (χ2v) is 6.64. The van der Waals surface area contributed by atoms with Crippen molar-refractivity contribution >= 4 is 35.1 Å². The molecule has 8 heteroatoms. The summed E-state index contributed by atoms with van der Waals surface area (Å²) in [4.78, 5) is 48.3. The van der Waals surface area contributed by atoms with Crippen LogP contribution in [-0.4, -0.2) is 48.3 Å². The Balaban J connectivity index is 1.80. The van der Waals surface area contributed by atoms with E-state index in [1.165, 1.54) is 11.8 Å². The molecule has 2 atom stereocenters. The van der Waals surface area contributed by atoms with Gasteiger partial charge in [0.1, 0.15) is 0 Å². The van der Waals surface area contributed by atoms with Crippen LogP contribution in [0.2, 0.25) is 0 Å². The Morgan fingerprint density at radius 3 is 2.15 bits per heavy atom. The topological polar surface area (TPSA) is 105 Å². The third-order valence-corrected chi connectivity index (χ3v) is 4.31. The number of likely N-dealkylation sites (N-methyl/N-ethyl adjacent to an activating group) is 1. The first-order valence-electron chi connectivity index (χ1n) is 8.92. The number of nitrogens with zero attached hydrogens (tertiary/aromatic N) is 1. The predicted molar refractivity (Wildman–Crippen MR) is 99.9 cm³/mol. The SMILES string of the molecule is CCN(CC(=O)Nc1ccc(NC(C)=O)cc1)C(=O)COC(=O)[C@H]1C[C@H]1C. The maximum absolute atomic E-state index is 12.2. The zero-order chi connectivity index (χ0) is 20.0. The second kappa shape index (κ2) is 9.16. The van der Waals surface area contributed by atoms with Crippen LogP contribution in [0.3, 0.4) is 0 Å². The summed E-state index contributed by atoms with van der Waals surface area (Å²) >= 11 is 0. The zero-order valence-corrected chi connectivity index (χ0v) is 15.8. The molecule has 0 radical (unpaired) electrons. The van der Waals surface area contributed by atoms with Gasteiger partial charge in [0, 0.05) is 24.8 Å². The molecular weight excluding hydrogens is 350 g/mol. The number of hydrogen-bond donors (Lipinski definition) is 2. The molecule has 8 nitrogen and oxygen atoms in total. The number of amides is 3. The minimum atomic E-state index is -0.407. The molecule has 0 spiro atoms. The molecule has 146 valence electrons. The fraction of sp³-hybridized carbons (Fsp3) is 0.474. The number of carbonyl (C=O) groups excluding carboxylic acids is 4. The average molecular weight is 375 g/mol. The van der Waals surface area contributed by atoms with Crippen LogP contribution in [0, 0.1) is 11.8 Å². The summed E-state index contributed by atoms with van der Waals surface area (Å²) < 4.78 is 5.03. The van der Waals surface area contributed by atoms with Gasteiger partial charge in [-0.15, -0.1) is 0 Å². The molecular formula is C19H25N3O5. The van der Waals surface area contributed by atoms with Crippen LogP contribution in [0.25, 0.3) is 0 Å². The molecule has 3 amide bonds. The summed E-state index contributed by atoms with van der Waals surface area (Å²) in [5.74, 6) is -1.08. The molecule has 2 N–H and O–H groups in total. The third-order valence-electron chi connectivity index (χ3n) is 4.31. The van der Waals surface area contributed by atoms with E-state index in [1.54, 1.807) is 31.2 Å². The molecule has 1 aliphatic carbocycles. The monoisotopic (exact) mass is 375 g/mol. The fourth-order valence-corrected chi connectivity index (χ4v) is 2.57. The van der Waals surface area contributed by atoms with Gasteiger partial charge in [-0.3, -0.25) is 19.2 Å². The number of carbonyl (C=O) groups is 4. The van der Waals surface area contributed by atoms with Crippen LogP contribution in [-0.2, 0) is 23.9 Å². The van der Waals surface area contributed by atoms with Crippen LogP contribution < -0.4 is 10.6 Å². The Bertz CT molecular complexity index is 717. The first kappa shape index (κ1) is 20.4. The summed E-state index contributed by atoms with van der Waals surface area (Å²) in [6.07, 6.45) is 0.799. The van der Waals surface area contributed by atoms with Gasteiger partial charge < -0.3 is 20.3 Å². The van der Waals surface area contributed by atoms with Gasteiger partial charge in [-0.2, -0.15) is 0 Å². The highest BCUT2D eigenvalue weighted by Crippen LogP contribution is 2.38.